The zero-order chi connectivity index (χ0) is 13.2. The van der Waals surface area contributed by atoms with Crippen LogP contribution in [0.2, 0.25) is 0 Å². The standard InChI is InChI=1S/C13H23F3N2/c1-17-11-3-2-4-12(9-11)18-7-5-10(6-8-18)13(14,15)16/h10-12,17H,2-9H2,1H3. The van der Waals surface area contributed by atoms with E-state index in [1.165, 1.54) is 12.8 Å². The van der Waals surface area contributed by atoms with Gasteiger partial charge in [-0.3, -0.25) is 0 Å². The summed E-state index contributed by atoms with van der Waals surface area (Å²) < 4.78 is 37.8. The topological polar surface area (TPSA) is 15.3 Å². The highest BCUT2D eigenvalue weighted by atomic mass is 19.4. The summed E-state index contributed by atoms with van der Waals surface area (Å²) in [7, 11) is 1.98. The molecule has 2 atom stereocenters. The quantitative estimate of drug-likeness (QED) is 0.825. The van der Waals surface area contributed by atoms with Gasteiger partial charge in [-0.2, -0.15) is 13.2 Å². The molecule has 2 unspecified atom stereocenters. The zero-order valence-electron chi connectivity index (χ0n) is 11.0. The number of hydrogen-bond acceptors (Lipinski definition) is 2. The minimum Gasteiger partial charge on any atom is -0.317 e. The molecular formula is C13H23F3N2. The van der Waals surface area contributed by atoms with Gasteiger partial charge in [-0.05, 0) is 52.2 Å². The summed E-state index contributed by atoms with van der Waals surface area (Å²) >= 11 is 0. The van der Waals surface area contributed by atoms with Crippen LogP contribution in [0.1, 0.15) is 38.5 Å². The Morgan fingerprint density at radius 2 is 1.72 bits per heavy atom. The molecule has 1 N–H and O–H groups in total. The SMILES string of the molecule is CNC1CCCC(N2CCC(C(F)(F)F)CC2)C1. The van der Waals surface area contributed by atoms with Crippen molar-refractivity contribution in [2.24, 2.45) is 5.92 Å². The zero-order valence-corrected chi connectivity index (χ0v) is 11.0. The summed E-state index contributed by atoms with van der Waals surface area (Å²) in [6, 6.07) is 1.04. The van der Waals surface area contributed by atoms with Gasteiger partial charge in [-0.15, -0.1) is 0 Å². The Bertz CT molecular complexity index is 259. The highest BCUT2D eigenvalue weighted by Crippen LogP contribution is 2.35. The van der Waals surface area contributed by atoms with Crippen LogP contribution in [0, 0.1) is 5.92 Å². The maximum absolute atomic E-state index is 12.6. The molecule has 0 amide bonds. The number of alkyl halides is 3. The van der Waals surface area contributed by atoms with Crippen molar-refractivity contribution >= 4 is 0 Å². The average molecular weight is 264 g/mol. The number of nitrogens with zero attached hydrogens (tertiary/aromatic N) is 1. The molecule has 2 fully saturated rings. The first kappa shape index (κ1) is 14.1. The van der Waals surface area contributed by atoms with E-state index >= 15 is 0 Å². The van der Waals surface area contributed by atoms with Crippen LogP contribution in [-0.2, 0) is 0 Å². The third-order valence-corrected chi connectivity index (χ3v) is 4.56. The van der Waals surface area contributed by atoms with Crippen LogP contribution in [0.15, 0.2) is 0 Å². The van der Waals surface area contributed by atoms with Gasteiger partial charge in [0.2, 0.25) is 0 Å². The molecule has 2 rings (SSSR count). The van der Waals surface area contributed by atoms with Crippen molar-refractivity contribution in [1.82, 2.24) is 10.2 Å². The van der Waals surface area contributed by atoms with E-state index in [9.17, 15) is 13.2 Å². The van der Waals surface area contributed by atoms with Crippen molar-refractivity contribution in [3.8, 4) is 0 Å². The second-order valence-electron chi connectivity index (χ2n) is 5.66. The van der Waals surface area contributed by atoms with E-state index in [0.29, 0.717) is 25.2 Å². The molecule has 1 aliphatic heterocycles. The van der Waals surface area contributed by atoms with Crippen LogP contribution in [-0.4, -0.2) is 43.3 Å². The molecule has 106 valence electrons. The number of hydrogen-bond donors (Lipinski definition) is 1. The van der Waals surface area contributed by atoms with Crippen molar-refractivity contribution in [3.05, 3.63) is 0 Å². The van der Waals surface area contributed by atoms with Gasteiger partial charge < -0.3 is 10.2 Å². The number of halogens is 3. The second-order valence-corrected chi connectivity index (χ2v) is 5.66. The molecule has 0 bridgehead atoms. The number of rotatable bonds is 2. The first-order valence-corrected chi connectivity index (χ1v) is 6.98. The Balaban J connectivity index is 1.82. The second kappa shape index (κ2) is 5.78. The van der Waals surface area contributed by atoms with Crippen LogP contribution in [0.4, 0.5) is 13.2 Å². The average Bonchev–Trinajstić information content (AvgIpc) is 2.38. The highest BCUT2D eigenvalue weighted by Gasteiger charge is 2.42. The van der Waals surface area contributed by atoms with Crippen molar-refractivity contribution in [1.29, 1.82) is 0 Å². The molecule has 2 aliphatic rings. The van der Waals surface area contributed by atoms with E-state index in [1.54, 1.807) is 0 Å². The molecule has 18 heavy (non-hydrogen) atoms. The highest BCUT2D eigenvalue weighted by molar-refractivity contribution is 4.86. The molecule has 0 aromatic carbocycles. The third kappa shape index (κ3) is 3.38. The molecule has 1 saturated carbocycles. The maximum atomic E-state index is 12.6. The van der Waals surface area contributed by atoms with Crippen LogP contribution < -0.4 is 5.32 Å². The lowest BCUT2D eigenvalue weighted by molar-refractivity contribution is -0.186. The van der Waals surface area contributed by atoms with Gasteiger partial charge in [0.1, 0.15) is 0 Å². The van der Waals surface area contributed by atoms with Gasteiger partial charge in [-0.1, -0.05) is 6.42 Å². The van der Waals surface area contributed by atoms with Crippen LogP contribution in [0.5, 0.6) is 0 Å². The van der Waals surface area contributed by atoms with Crippen molar-refractivity contribution in [2.45, 2.75) is 56.8 Å². The lowest BCUT2D eigenvalue weighted by atomic mass is 9.87. The number of piperidine rings is 1. The van der Waals surface area contributed by atoms with E-state index in [2.05, 4.69) is 10.2 Å². The fourth-order valence-electron chi connectivity index (χ4n) is 3.35. The van der Waals surface area contributed by atoms with Crippen molar-refractivity contribution in [2.75, 3.05) is 20.1 Å². The predicted molar refractivity (Wildman–Crippen MR) is 65.5 cm³/mol. The predicted octanol–water partition coefficient (Wildman–Crippen LogP) is 2.79. The first-order chi connectivity index (χ1) is 8.50. The molecule has 5 heteroatoms. The number of likely N-dealkylation sites (tertiary alicyclic amines) is 1. The van der Waals surface area contributed by atoms with Gasteiger partial charge in [0.25, 0.3) is 0 Å². The lowest BCUT2D eigenvalue weighted by Gasteiger charge is -2.41. The normalized spacial score (nSPS) is 32.7. The van der Waals surface area contributed by atoms with E-state index in [-0.39, 0.29) is 12.8 Å². The summed E-state index contributed by atoms with van der Waals surface area (Å²) in [4.78, 5) is 2.28. The van der Waals surface area contributed by atoms with Gasteiger partial charge >= 0.3 is 6.18 Å². The molecule has 1 heterocycles. The summed E-state index contributed by atoms with van der Waals surface area (Å²) in [5, 5.41) is 3.30. The minimum absolute atomic E-state index is 0.282. The van der Waals surface area contributed by atoms with E-state index < -0.39 is 12.1 Å². The van der Waals surface area contributed by atoms with Gasteiger partial charge in [0, 0.05) is 12.1 Å². The van der Waals surface area contributed by atoms with Gasteiger partial charge in [-0.25, -0.2) is 0 Å². The molecular weight excluding hydrogens is 241 g/mol. The van der Waals surface area contributed by atoms with Crippen LogP contribution in [0.25, 0.3) is 0 Å². The monoisotopic (exact) mass is 264 g/mol. The Morgan fingerprint density at radius 1 is 1.06 bits per heavy atom. The van der Waals surface area contributed by atoms with E-state index in [0.717, 1.165) is 12.8 Å². The first-order valence-electron chi connectivity index (χ1n) is 6.98. The number of nitrogens with one attached hydrogen (secondary N) is 1. The molecule has 0 aromatic rings. The Morgan fingerprint density at radius 3 is 2.28 bits per heavy atom. The van der Waals surface area contributed by atoms with Crippen LogP contribution >= 0.6 is 0 Å². The van der Waals surface area contributed by atoms with Crippen molar-refractivity contribution in [3.63, 3.8) is 0 Å². The molecule has 2 nitrogen and oxygen atoms in total. The maximum Gasteiger partial charge on any atom is 0.391 e. The Hall–Kier alpha value is -0.290. The minimum atomic E-state index is -3.99. The largest absolute Gasteiger partial charge is 0.391 e. The molecule has 0 aromatic heterocycles. The van der Waals surface area contributed by atoms with Crippen molar-refractivity contribution < 1.29 is 13.2 Å². The van der Waals surface area contributed by atoms with Crippen LogP contribution in [0.3, 0.4) is 0 Å². The smallest absolute Gasteiger partial charge is 0.317 e. The summed E-state index contributed by atoms with van der Waals surface area (Å²) in [5.41, 5.74) is 0. The Kier molecular flexibility index (Phi) is 4.54. The molecule has 1 aliphatic carbocycles. The molecule has 0 radical (unpaired) electrons. The summed E-state index contributed by atoms with van der Waals surface area (Å²) in [5.74, 6) is -1.07. The fourth-order valence-corrected chi connectivity index (χ4v) is 3.35. The van der Waals surface area contributed by atoms with Gasteiger partial charge in [0.15, 0.2) is 0 Å². The Labute approximate surface area is 107 Å². The summed E-state index contributed by atoms with van der Waals surface area (Å²) in [6.45, 7) is 1.23. The molecule has 0 spiro atoms. The van der Waals surface area contributed by atoms with E-state index in [1.807, 2.05) is 7.05 Å². The third-order valence-electron chi connectivity index (χ3n) is 4.56. The van der Waals surface area contributed by atoms with E-state index in [4.69, 9.17) is 0 Å². The summed E-state index contributed by atoms with van der Waals surface area (Å²) in [6.07, 6.45) is 1.20. The van der Waals surface area contributed by atoms with Gasteiger partial charge in [0.05, 0.1) is 5.92 Å². The fraction of sp³-hybridized carbons (Fsp3) is 1.00. The lowest BCUT2D eigenvalue weighted by Crippen LogP contribution is -2.48. The molecule has 1 saturated heterocycles.